The van der Waals surface area contributed by atoms with E-state index in [0.717, 1.165) is 6.07 Å². The Labute approximate surface area is 151 Å². The SMILES string of the molecule is CC(C)(C)OC(=O)N1C2COCC1CC(O)(Cc1ccc(F)cc1F)C2. The first kappa shape index (κ1) is 19.0. The molecule has 26 heavy (non-hydrogen) atoms. The summed E-state index contributed by atoms with van der Waals surface area (Å²) in [4.78, 5) is 14.2. The largest absolute Gasteiger partial charge is 0.444 e. The number of hydrogen-bond donors (Lipinski definition) is 1. The van der Waals surface area contributed by atoms with Crippen molar-refractivity contribution in [3.8, 4) is 0 Å². The van der Waals surface area contributed by atoms with E-state index < -0.39 is 28.9 Å². The molecule has 1 amide bonds. The Morgan fingerprint density at radius 1 is 1.31 bits per heavy atom. The quantitative estimate of drug-likeness (QED) is 0.871. The number of piperidine rings is 1. The van der Waals surface area contributed by atoms with E-state index in [9.17, 15) is 18.7 Å². The molecule has 2 atom stereocenters. The van der Waals surface area contributed by atoms with Gasteiger partial charge in [0.1, 0.15) is 17.2 Å². The lowest BCUT2D eigenvalue weighted by Crippen LogP contribution is -2.64. The van der Waals surface area contributed by atoms with Crippen LogP contribution in [0.25, 0.3) is 0 Å². The van der Waals surface area contributed by atoms with Crippen molar-refractivity contribution in [2.24, 2.45) is 0 Å². The van der Waals surface area contributed by atoms with Crippen LogP contribution >= 0.6 is 0 Å². The van der Waals surface area contributed by atoms with Gasteiger partial charge in [-0.1, -0.05) is 6.07 Å². The molecule has 7 heteroatoms. The van der Waals surface area contributed by atoms with Gasteiger partial charge in [-0.15, -0.1) is 0 Å². The zero-order valence-corrected chi connectivity index (χ0v) is 15.3. The van der Waals surface area contributed by atoms with Crippen LogP contribution in [0.2, 0.25) is 0 Å². The third-order valence-corrected chi connectivity index (χ3v) is 4.78. The molecule has 3 rings (SSSR count). The molecule has 144 valence electrons. The number of aliphatic hydroxyl groups is 1. The maximum Gasteiger partial charge on any atom is 0.410 e. The minimum absolute atomic E-state index is 0.0638. The second-order valence-corrected chi connectivity index (χ2v) is 8.28. The van der Waals surface area contributed by atoms with Crippen LogP contribution in [0.15, 0.2) is 18.2 Å². The van der Waals surface area contributed by atoms with E-state index in [-0.39, 0.29) is 36.9 Å². The highest BCUT2D eigenvalue weighted by Gasteiger charge is 2.49. The van der Waals surface area contributed by atoms with E-state index in [4.69, 9.17) is 9.47 Å². The highest BCUT2D eigenvalue weighted by molar-refractivity contribution is 5.69. The Bertz CT molecular complexity index is 675. The van der Waals surface area contributed by atoms with Crippen LogP contribution < -0.4 is 0 Å². The topological polar surface area (TPSA) is 59.0 Å². The second-order valence-electron chi connectivity index (χ2n) is 8.28. The van der Waals surface area contributed by atoms with Crippen molar-refractivity contribution < 1.29 is 28.2 Å². The summed E-state index contributed by atoms with van der Waals surface area (Å²) >= 11 is 0. The minimum Gasteiger partial charge on any atom is -0.444 e. The number of amides is 1. The Morgan fingerprint density at radius 2 is 1.92 bits per heavy atom. The van der Waals surface area contributed by atoms with Crippen LogP contribution in [0, 0.1) is 11.6 Å². The molecule has 1 aromatic carbocycles. The number of nitrogens with zero attached hydrogens (tertiary/aromatic N) is 1. The van der Waals surface area contributed by atoms with E-state index in [0.29, 0.717) is 13.2 Å². The summed E-state index contributed by atoms with van der Waals surface area (Å²) in [6, 6.07) is 2.67. The van der Waals surface area contributed by atoms with Crippen LogP contribution in [0.5, 0.6) is 0 Å². The van der Waals surface area contributed by atoms with E-state index >= 15 is 0 Å². The van der Waals surface area contributed by atoms with Crippen molar-refractivity contribution in [2.45, 2.75) is 63.3 Å². The van der Waals surface area contributed by atoms with Crippen molar-refractivity contribution in [1.29, 1.82) is 0 Å². The highest BCUT2D eigenvalue weighted by Crippen LogP contribution is 2.37. The molecule has 0 radical (unpaired) electrons. The summed E-state index contributed by atoms with van der Waals surface area (Å²) in [6.07, 6.45) is 0.138. The molecule has 0 aromatic heterocycles. The lowest BCUT2D eigenvalue weighted by atomic mass is 9.77. The molecule has 2 bridgehead atoms. The van der Waals surface area contributed by atoms with Gasteiger partial charge in [-0.25, -0.2) is 13.6 Å². The van der Waals surface area contributed by atoms with Gasteiger partial charge in [0.2, 0.25) is 0 Å². The highest BCUT2D eigenvalue weighted by atomic mass is 19.1. The van der Waals surface area contributed by atoms with E-state index in [1.54, 1.807) is 25.7 Å². The summed E-state index contributed by atoms with van der Waals surface area (Å²) < 4.78 is 38.1. The summed E-state index contributed by atoms with van der Waals surface area (Å²) in [5, 5.41) is 11.1. The fraction of sp³-hybridized carbons (Fsp3) is 0.632. The molecule has 1 N–H and O–H groups in total. The summed E-state index contributed by atoms with van der Waals surface area (Å²) in [6.45, 7) is 5.99. The van der Waals surface area contributed by atoms with Crippen molar-refractivity contribution in [1.82, 2.24) is 4.90 Å². The monoisotopic (exact) mass is 369 g/mol. The smallest absolute Gasteiger partial charge is 0.410 e. The molecule has 2 aliphatic rings. The Hall–Kier alpha value is -1.73. The molecule has 2 aliphatic heterocycles. The molecule has 0 saturated carbocycles. The molecule has 1 aromatic rings. The maximum atomic E-state index is 14.0. The van der Waals surface area contributed by atoms with Crippen LogP contribution in [-0.4, -0.2) is 52.6 Å². The third-order valence-electron chi connectivity index (χ3n) is 4.78. The lowest BCUT2D eigenvalue weighted by molar-refractivity contribution is -0.137. The van der Waals surface area contributed by atoms with Gasteiger partial charge in [-0.05, 0) is 45.2 Å². The zero-order chi connectivity index (χ0) is 19.1. The Balaban J connectivity index is 1.77. The van der Waals surface area contributed by atoms with Crippen LogP contribution in [0.1, 0.15) is 39.2 Å². The predicted molar refractivity (Wildman–Crippen MR) is 90.7 cm³/mol. The fourth-order valence-corrected chi connectivity index (χ4v) is 3.85. The third kappa shape index (κ3) is 4.15. The van der Waals surface area contributed by atoms with Gasteiger partial charge >= 0.3 is 6.09 Å². The Morgan fingerprint density at radius 3 is 2.46 bits per heavy atom. The van der Waals surface area contributed by atoms with Crippen molar-refractivity contribution in [3.63, 3.8) is 0 Å². The van der Waals surface area contributed by atoms with Gasteiger partial charge in [0.05, 0.1) is 30.9 Å². The molecule has 2 saturated heterocycles. The summed E-state index contributed by atoms with van der Waals surface area (Å²) in [7, 11) is 0. The minimum atomic E-state index is -1.18. The zero-order valence-electron chi connectivity index (χ0n) is 15.3. The van der Waals surface area contributed by atoms with Gasteiger partial charge in [-0.2, -0.15) is 0 Å². The molecule has 0 spiro atoms. The second kappa shape index (κ2) is 6.78. The maximum absolute atomic E-state index is 14.0. The molecular weight excluding hydrogens is 344 g/mol. The summed E-state index contributed by atoms with van der Waals surface area (Å²) in [5.74, 6) is -1.32. The van der Waals surface area contributed by atoms with Gasteiger partial charge in [0, 0.05) is 12.5 Å². The number of fused-ring (bicyclic) bond motifs is 2. The number of carbonyl (C=O) groups is 1. The van der Waals surface area contributed by atoms with Crippen molar-refractivity contribution >= 4 is 6.09 Å². The number of rotatable bonds is 2. The number of carbonyl (C=O) groups excluding carboxylic acids is 1. The first-order valence-corrected chi connectivity index (χ1v) is 8.82. The number of morpholine rings is 1. The first-order valence-electron chi connectivity index (χ1n) is 8.82. The molecule has 2 heterocycles. The molecule has 0 aliphatic carbocycles. The average Bonchev–Trinajstić information content (AvgIpc) is 2.47. The van der Waals surface area contributed by atoms with Crippen molar-refractivity contribution in [2.75, 3.05) is 13.2 Å². The Kier molecular flexibility index (Phi) is 4.96. The van der Waals surface area contributed by atoms with Gasteiger partial charge in [0.25, 0.3) is 0 Å². The molecular formula is C19H25F2NO4. The number of benzene rings is 1. The normalized spacial score (nSPS) is 28.8. The fourth-order valence-electron chi connectivity index (χ4n) is 3.85. The standard InChI is InChI=1S/C19H25F2NO4/c1-18(2,3)26-17(23)22-14-8-19(24,9-15(22)11-25-10-14)7-12-4-5-13(20)6-16(12)21/h4-6,14-15,24H,7-11H2,1-3H3. The van der Waals surface area contributed by atoms with E-state index in [1.807, 2.05) is 0 Å². The van der Waals surface area contributed by atoms with Crippen LogP contribution in [-0.2, 0) is 15.9 Å². The van der Waals surface area contributed by atoms with E-state index in [2.05, 4.69) is 0 Å². The number of ether oxygens (including phenoxy) is 2. The molecule has 2 fully saturated rings. The number of hydrogen-bond acceptors (Lipinski definition) is 4. The summed E-state index contributed by atoms with van der Waals surface area (Å²) in [5.41, 5.74) is -1.54. The molecule has 5 nitrogen and oxygen atoms in total. The van der Waals surface area contributed by atoms with Gasteiger partial charge in [0.15, 0.2) is 0 Å². The first-order chi connectivity index (χ1) is 12.1. The molecule has 2 unspecified atom stereocenters. The van der Waals surface area contributed by atoms with Gasteiger partial charge < -0.3 is 14.6 Å². The van der Waals surface area contributed by atoms with Gasteiger partial charge in [-0.3, -0.25) is 4.90 Å². The van der Waals surface area contributed by atoms with Crippen molar-refractivity contribution in [3.05, 3.63) is 35.4 Å². The average molecular weight is 369 g/mol. The lowest BCUT2D eigenvalue weighted by Gasteiger charge is -2.51. The van der Waals surface area contributed by atoms with E-state index in [1.165, 1.54) is 12.1 Å². The van der Waals surface area contributed by atoms with Crippen LogP contribution in [0.3, 0.4) is 0 Å². The predicted octanol–water partition coefficient (Wildman–Crippen LogP) is 3.04. The number of halogens is 2. The van der Waals surface area contributed by atoms with Crippen LogP contribution in [0.4, 0.5) is 13.6 Å².